The first-order valence-corrected chi connectivity index (χ1v) is 11.6. The molecular weight excluding hydrogens is 443 g/mol. The van der Waals surface area contributed by atoms with Crippen molar-refractivity contribution in [2.24, 2.45) is 0 Å². The van der Waals surface area contributed by atoms with Crippen LogP contribution >= 0.6 is 22.9 Å². The molecule has 156 valence electrons. The number of hydrogen-bond donors (Lipinski definition) is 1. The summed E-state index contributed by atoms with van der Waals surface area (Å²) in [5.74, 6) is -1.91. The highest BCUT2D eigenvalue weighted by atomic mass is 35.5. The molecule has 3 rings (SSSR count). The molecule has 0 unspecified atom stereocenters. The van der Waals surface area contributed by atoms with E-state index in [1.165, 1.54) is 24.5 Å². The van der Waals surface area contributed by atoms with Gasteiger partial charge >= 0.3 is 5.97 Å². The van der Waals surface area contributed by atoms with Crippen molar-refractivity contribution in [3.8, 4) is 0 Å². The molecular formula is C18H18ClFN2O5S2. The van der Waals surface area contributed by atoms with Gasteiger partial charge in [-0.2, -0.15) is 0 Å². The number of carbonyl (C=O) groups excluding carboxylic acids is 2. The molecule has 1 N–H and O–H groups in total. The molecule has 1 aromatic carbocycles. The average molecular weight is 461 g/mol. The number of fused-ring (bicyclic) bond motifs is 1. The Morgan fingerprint density at radius 3 is 2.69 bits per heavy atom. The predicted molar refractivity (Wildman–Crippen MR) is 110 cm³/mol. The summed E-state index contributed by atoms with van der Waals surface area (Å²) in [6.07, 6.45) is 3.38. The summed E-state index contributed by atoms with van der Waals surface area (Å²) in [7, 11) is -2.60. The first-order chi connectivity index (χ1) is 13.6. The topological polar surface area (TPSA) is 92.8 Å². The molecule has 1 aliphatic rings. The van der Waals surface area contributed by atoms with Gasteiger partial charge in [0.05, 0.1) is 29.6 Å². The molecule has 7 nitrogen and oxygen atoms in total. The van der Waals surface area contributed by atoms with E-state index in [-0.39, 0.29) is 10.7 Å². The molecule has 1 aromatic heterocycles. The van der Waals surface area contributed by atoms with Gasteiger partial charge in [-0.3, -0.25) is 9.10 Å². The summed E-state index contributed by atoms with van der Waals surface area (Å²) < 4.78 is 43.4. The number of amides is 1. The monoisotopic (exact) mass is 460 g/mol. The molecule has 0 aliphatic heterocycles. The van der Waals surface area contributed by atoms with Crippen LogP contribution in [-0.2, 0) is 32.4 Å². The fourth-order valence-corrected chi connectivity index (χ4v) is 5.46. The van der Waals surface area contributed by atoms with Crippen molar-refractivity contribution in [1.82, 2.24) is 0 Å². The first kappa shape index (κ1) is 21.5. The minimum atomic E-state index is -3.86. The number of anilines is 2. The summed E-state index contributed by atoms with van der Waals surface area (Å²) in [5, 5.41) is 2.69. The normalized spacial score (nSPS) is 13.1. The highest BCUT2D eigenvalue weighted by Crippen LogP contribution is 2.39. The molecule has 0 saturated heterocycles. The number of sulfonamides is 1. The van der Waals surface area contributed by atoms with Crippen molar-refractivity contribution in [2.75, 3.05) is 29.5 Å². The van der Waals surface area contributed by atoms with Gasteiger partial charge in [-0.1, -0.05) is 11.6 Å². The third-order valence-corrected chi connectivity index (χ3v) is 7.08. The molecule has 1 amide bonds. The standard InChI is InChI=1S/C18H18ClFN2O5S2/c1-27-18(24)16-11-4-3-5-14(11)28-17(16)21-15(23)9-22(29(2,25)26)10-6-7-13(20)12(19)8-10/h6-8H,3-5,9H2,1-2H3,(H,21,23). The summed E-state index contributed by atoms with van der Waals surface area (Å²) in [6, 6.07) is 3.37. The lowest BCUT2D eigenvalue weighted by Crippen LogP contribution is -2.37. The molecule has 2 aromatic rings. The number of rotatable bonds is 6. The van der Waals surface area contributed by atoms with Crippen molar-refractivity contribution < 1.29 is 27.1 Å². The molecule has 1 aliphatic carbocycles. The fourth-order valence-electron chi connectivity index (χ4n) is 3.15. The van der Waals surface area contributed by atoms with Gasteiger partial charge in [-0.25, -0.2) is 17.6 Å². The van der Waals surface area contributed by atoms with Gasteiger partial charge in [-0.15, -0.1) is 11.3 Å². The summed E-state index contributed by atoms with van der Waals surface area (Å²) in [5.41, 5.74) is 1.23. The van der Waals surface area contributed by atoms with Crippen LogP contribution in [0.25, 0.3) is 0 Å². The molecule has 0 fully saturated rings. The van der Waals surface area contributed by atoms with Crippen LogP contribution in [0.3, 0.4) is 0 Å². The molecule has 0 spiro atoms. The number of benzene rings is 1. The summed E-state index contributed by atoms with van der Waals surface area (Å²) in [6.45, 7) is -0.566. The van der Waals surface area contributed by atoms with Crippen LogP contribution in [0.4, 0.5) is 15.1 Å². The van der Waals surface area contributed by atoms with E-state index in [0.29, 0.717) is 10.6 Å². The Bertz CT molecular complexity index is 1080. The Kier molecular flexibility index (Phi) is 6.16. The third-order valence-electron chi connectivity index (χ3n) is 4.44. The Morgan fingerprint density at radius 1 is 1.34 bits per heavy atom. The minimum absolute atomic E-state index is 0.0518. The van der Waals surface area contributed by atoms with E-state index in [4.69, 9.17) is 16.3 Å². The highest BCUT2D eigenvalue weighted by Gasteiger charge is 2.29. The van der Waals surface area contributed by atoms with Crippen LogP contribution in [0, 0.1) is 5.82 Å². The molecule has 0 atom stereocenters. The van der Waals surface area contributed by atoms with E-state index >= 15 is 0 Å². The molecule has 0 saturated carbocycles. The van der Waals surface area contributed by atoms with Gasteiger partial charge in [0.1, 0.15) is 17.4 Å². The van der Waals surface area contributed by atoms with Crippen LogP contribution in [0.2, 0.25) is 5.02 Å². The molecule has 29 heavy (non-hydrogen) atoms. The van der Waals surface area contributed by atoms with Gasteiger partial charge in [-0.05, 0) is 43.0 Å². The number of nitrogens with zero attached hydrogens (tertiary/aromatic N) is 1. The zero-order valence-electron chi connectivity index (χ0n) is 15.6. The maximum Gasteiger partial charge on any atom is 0.341 e. The van der Waals surface area contributed by atoms with Crippen molar-refractivity contribution in [3.05, 3.63) is 45.0 Å². The Labute approximate surface area is 176 Å². The lowest BCUT2D eigenvalue weighted by Gasteiger charge is -2.22. The zero-order chi connectivity index (χ0) is 21.3. The second kappa shape index (κ2) is 8.29. The number of esters is 1. The molecule has 11 heteroatoms. The number of ether oxygens (including phenoxy) is 1. The van der Waals surface area contributed by atoms with E-state index in [9.17, 15) is 22.4 Å². The van der Waals surface area contributed by atoms with Crippen LogP contribution in [0.5, 0.6) is 0 Å². The van der Waals surface area contributed by atoms with Crippen molar-refractivity contribution >= 4 is 55.5 Å². The van der Waals surface area contributed by atoms with E-state index in [2.05, 4.69) is 5.32 Å². The minimum Gasteiger partial charge on any atom is -0.465 e. The SMILES string of the molecule is COC(=O)c1c(NC(=O)CN(c2ccc(F)c(Cl)c2)S(C)(=O)=O)sc2c1CCC2. The number of halogens is 2. The van der Waals surface area contributed by atoms with Gasteiger partial charge in [0, 0.05) is 4.88 Å². The summed E-state index contributed by atoms with van der Waals surface area (Å²) >= 11 is 7.03. The van der Waals surface area contributed by atoms with Crippen LogP contribution in [0.1, 0.15) is 27.2 Å². The average Bonchev–Trinajstić information content (AvgIpc) is 3.21. The van der Waals surface area contributed by atoms with Crippen LogP contribution in [-0.4, -0.2) is 40.2 Å². The second-order valence-electron chi connectivity index (χ2n) is 6.47. The van der Waals surface area contributed by atoms with Gasteiger partial charge in [0.15, 0.2) is 0 Å². The van der Waals surface area contributed by atoms with Crippen molar-refractivity contribution in [2.45, 2.75) is 19.3 Å². The number of thiophene rings is 1. The smallest absolute Gasteiger partial charge is 0.341 e. The van der Waals surface area contributed by atoms with Gasteiger partial charge in [0.25, 0.3) is 0 Å². The summed E-state index contributed by atoms with van der Waals surface area (Å²) in [4.78, 5) is 25.8. The zero-order valence-corrected chi connectivity index (χ0v) is 18.0. The number of carbonyl (C=O) groups is 2. The Morgan fingerprint density at radius 2 is 2.07 bits per heavy atom. The van der Waals surface area contributed by atoms with E-state index in [1.807, 2.05) is 0 Å². The highest BCUT2D eigenvalue weighted by molar-refractivity contribution is 7.92. The fraction of sp³-hybridized carbons (Fsp3) is 0.333. The van der Waals surface area contributed by atoms with E-state index in [0.717, 1.165) is 52.4 Å². The van der Waals surface area contributed by atoms with Crippen molar-refractivity contribution in [1.29, 1.82) is 0 Å². The third kappa shape index (κ3) is 4.54. The van der Waals surface area contributed by atoms with Crippen molar-refractivity contribution in [3.63, 3.8) is 0 Å². The lowest BCUT2D eigenvalue weighted by atomic mass is 10.1. The van der Waals surface area contributed by atoms with E-state index < -0.39 is 34.3 Å². The largest absolute Gasteiger partial charge is 0.465 e. The van der Waals surface area contributed by atoms with E-state index in [1.54, 1.807) is 0 Å². The quantitative estimate of drug-likeness (QED) is 0.668. The first-order valence-electron chi connectivity index (χ1n) is 8.57. The van der Waals surface area contributed by atoms with Crippen LogP contribution < -0.4 is 9.62 Å². The number of methoxy groups -OCH3 is 1. The maximum atomic E-state index is 13.4. The lowest BCUT2D eigenvalue weighted by molar-refractivity contribution is -0.114. The van der Waals surface area contributed by atoms with Crippen LogP contribution in [0.15, 0.2) is 18.2 Å². The maximum absolute atomic E-state index is 13.4. The predicted octanol–water partition coefficient (Wildman–Crippen LogP) is 3.22. The Hall–Kier alpha value is -2.17. The molecule has 0 radical (unpaired) electrons. The second-order valence-corrected chi connectivity index (χ2v) is 9.89. The van der Waals surface area contributed by atoms with Gasteiger partial charge in [0.2, 0.25) is 15.9 Å². The molecule has 1 heterocycles. The Balaban J connectivity index is 1.87. The number of hydrogen-bond acceptors (Lipinski definition) is 6. The van der Waals surface area contributed by atoms with Gasteiger partial charge < -0.3 is 10.1 Å². The molecule has 0 bridgehead atoms. The number of nitrogens with one attached hydrogen (secondary N) is 1. The number of aryl methyl sites for hydroxylation is 1.